The highest BCUT2D eigenvalue weighted by atomic mass is 16.5. The lowest BCUT2D eigenvalue weighted by atomic mass is 10.1. The summed E-state index contributed by atoms with van der Waals surface area (Å²) in [5, 5.41) is 4.31. The first-order valence-corrected chi connectivity index (χ1v) is 9.02. The fourth-order valence-corrected chi connectivity index (χ4v) is 3.45. The maximum absolute atomic E-state index is 12.3. The first-order valence-electron chi connectivity index (χ1n) is 9.02. The molecule has 0 radical (unpaired) electrons. The topological polar surface area (TPSA) is 57.4 Å². The van der Waals surface area contributed by atoms with Crippen LogP contribution in [0.5, 0.6) is 5.75 Å². The lowest BCUT2D eigenvalue weighted by molar-refractivity contribution is 0.415. The molecule has 5 heteroatoms. The minimum atomic E-state index is -0.0659. The Kier molecular flexibility index (Phi) is 4.52. The lowest BCUT2D eigenvalue weighted by Crippen LogP contribution is -2.17. The molecule has 0 spiro atoms. The Morgan fingerprint density at radius 3 is 2.58 bits per heavy atom. The van der Waals surface area contributed by atoms with E-state index in [2.05, 4.69) is 39.5 Å². The molecule has 0 atom stereocenters. The highest BCUT2D eigenvalue weighted by Gasteiger charge is 2.11. The predicted molar refractivity (Wildman–Crippen MR) is 106 cm³/mol. The van der Waals surface area contributed by atoms with Gasteiger partial charge < -0.3 is 19.9 Å². The number of benzene rings is 2. The zero-order valence-corrected chi connectivity index (χ0v) is 14.9. The molecule has 5 nitrogen and oxygen atoms in total. The molecule has 2 aromatic carbocycles. The van der Waals surface area contributed by atoms with Crippen molar-refractivity contribution >= 4 is 22.3 Å². The Morgan fingerprint density at radius 2 is 1.85 bits per heavy atom. The smallest absolute Gasteiger partial charge is 0.253 e. The van der Waals surface area contributed by atoms with Crippen LogP contribution >= 0.6 is 0 Å². The van der Waals surface area contributed by atoms with Gasteiger partial charge in [0.1, 0.15) is 5.75 Å². The number of methoxy groups -OCH3 is 1. The number of anilines is 2. The molecule has 26 heavy (non-hydrogen) atoms. The van der Waals surface area contributed by atoms with Crippen LogP contribution in [-0.4, -0.2) is 25.2 Å². The molecule has 0 aliphatic carbocycles. The molecular weight excluding hydrogens is 326 g/mol. The molecule has 0 amide bonds. The van der Waals surface area contributed by atoms with E-state index in [1.165, 1.54) is 18.5 Å². The van der Waals surface area contributed by atoms with Crippen LogP contribution < -0.4 is 20.5 Å². The summed E-state index contributed by atoms with van der Waals surface area (Å²) in [7, 11) is 1.64. The van der Waals surface area contributed by atoms with E-state index >= 15 is 0 Å². The number of H-pyrrole nitrogens is 1. The largest absolute Gasteiger partial charge is 0.497 e. The van der Waals surface area contributed by atoms with Crippen LogP contribution in [0.3, 0.4) is 0 Å². The Bertz CT molecular complexity index is 957. The first kappa shape index (κ1) is 16.5. The van der Waals surface area contributed by atoms with Crippen molar-refractivity contribution in [3.8, 4) is 5.75 Å². The van der Waals surface area contributed by atoms with Gasteiger partial charge in [0.05, 0.1) is 7.11 Å². The predicted octanol–water partition coefficient (Wildman–Crippen LogP) is 3.75. The Hall–Kier alpha value is -2.95. The number of pyridine rings is 1. The normalized spacial score (nSPS) is 14.0. The average molecular weight is 349 g/mol. The standard InChI is InChI=1S/C21H23N3O2/c1-26-19-8-9-20-15(13-19)12-16(21(25)23-20)14-22-17-4-6-18(7-5-17)24-10-2-3-11-24/h4-9,12-13,22H,2-3,10-11,14H2,1H3,(H,23,25). The third-order valence-corrected chi connectivity index (χ3v) is 4.95. The lowest BCUT2D eigenvalue weighted by Gasteiger charge is -2.18. The fourth-order valence-electron chi connectivity index (χ4n) is 3.45. The summed E-state index contributed by atoms with van der Waals surface area (Å²) in [4.78, 5) is 17.6. The van der Waals surface area contributed by atoms with E-state index in [0.717, 1.165) is 35.4 Å². The van der Waals surface area contributed by atoms with Gasteiger partial charge in [-0.05, 0) is 61.4 Å². The Labute approximate surface area is 152 Å². The van der Waals surface area contributed by atoms with E-state index in [4.69, 9.17) is 4.74 Å². The van der Waals surface area contributed by atoms with Crippen LogP contribution in [0.2, 0.25) is 0 Å². The number of fused-ring (bicyclic) bond motifs is 1. The van der Waals surface area contributed by atoms with E-state index < -0.39 is 0 Å². The minimum absolute atomic E-state index is 0.0659. The number of hydrogen-bond donors (Lipinski definition) is 2. The second-order valence-electron chi connectivity index (χ2n) is 6.67. The highest BCUT2D eigenvalue weighted by molar-refractivity contribution is 5.80. The van der Waals surface area contributed by atoms with Crippen molar-refractivity contribution in [2.75, 3.05) is 30.4 Å². The van der Waals surface area contributed by atoms with Gasteiger partial charge in [0.2, 0.25) is 0 Å². The third-order valence-electron chi connectivity index (χ3n) is 4.95. The van der Waals surface area contributed by atoms with E-state index in [9.17, 15) is 4.79 Å². The Morgan fingerprint density at radius 1 is 1.08 bits per heavy atom. The van der Waals surface area contributed by atoms with Gasteiger partial charge in [-0.2, -0.15) is 0 Å². The van der Waals surface area contributed by atoms with Crippen molar-refractivity contribution in [2.24, 2.45) is 0 Å². The number of nitrogens with zero attached hydrogens (tertiary/aromatic N) is 1. The van der Waals surface area contributed by atoms with Crippen LogP contribution in [0.15, 0.2) is 53.3 Å². The highest BCUT2D eigenvalue weighted by Crippen LogP contribution is 2.23. The van der Waals surface area contributed by atoms with Crippen molar-refractivity contribution < 1.29 is 4.74 Å². The first-order chi connectivity index (χ1) is 12.7. The molecule has 0 saturated carbocycles. The van der Waals surface area contributed by atoms with Gasteiger partial charge in [0, 0.05) is 47.5 Å². The van der Waals surface area contributed by atoms with Crippen molar-refractivity contribution in [2.45, 2.75) is 19.4 Å². The van der Waals surface area contributed by atoms with Crippen molar-refractivity contribution in [1.29, 1.82) is 0 Å². The molecule has 2 N–H and O–H groups in total. The number of ether oxygens (including phenoxy) is 1. The maximum atomic E-state index is 12.3. The van der Waals surface area contributed by atoms with E-state index in [1.54, 1.807) is 7.11 Å². The molecule has 3 aromatic rings. The molecular formula is C21H23N3O2. The molecule has 4 rings (SSSR count). The number of aromatic nitrogens is 1. The second-order valence-corrected chi connectivity index (χ2v) is 6.67. The second kappa shape index (κ2) is 7.12. The van der Waals surface area contributed by atoms with Crippen LogP contribution in [0.4, 0.5) is 11.4 Å². The monoisotopic (exact) mass is 349 g/mol. The number of hydrogen-bond acceptors (Lipinski definition) is 4. The summed E-state index contributed by atoms with van der Waals surface area (Å²) in [5.74, 6) is 0.779. The number of aromatic amines is 1. The maximum Gasteiger partial charge on any atom is 0.253 e. The van der Waals surface area contributed by atoms with Gasteiger partial charge in [-0.3, -0.25) is 4.79 Å². The Balaban J connectivity index is 1.50. The summed E-state index contributed by atoms with van der Waals surface area (Å²) in [5.41, 5.74) is 3.73. The molecule has 1 aliphatic heterocycles. The van der Waals surface area contributed by atoms with E-state index in [-0.39, 0.29) is 5.56 Å². The van der Waals surface area contributed by atoms with Gasteiger partial charge in [0.15, 0.2) is 0 Å². The molecule has 1 saturated heterocycles. The zero-order valence-electron chi connectivity index (χ0n) is 14.9. The van der Waals surface area contributed by atoms with Crippen molar-refractivity contribution in [1.82, 2.24) is 4.98 Å². The molecule has 0 bridgehead atoms. The van der Waals surface area contributed by atoms with E-state index in [0.29, 0.717) is 12.1 Å². The van der Waals surface area contributed by atoms with Gasteiger partial charge in [-0.15, -0.1) is 0 Å². The summed E-state index contributed by atoms with van der Waals surface area (Å²) in [6.07, 6.45) is 2.55. The van der Waals surface area contributed by atoms with Crippen LogP contribution in [-0.2, 0) is 6.54 Å². The molecule has 2 heterocycles. The van der Waals surface area contributed by atoms with Gasteiger partial charge >= 0.3 is 0 Å². The summed E-state index contributed by atoms with van der Waals surface area (Å²) in [6, 6.07) is 16.0. The zero-order chi connectivity index (χ0) is 17.9. The molecule has 1 aliphatic rings. The molecule has 134 valence electrons. The SMILES string of the molecule is COc1ccc2[nH]c(=O)c(CNc3ccc(N4CCCC4)cc3)cc2c1. The summed E-state index contributed by atoms with van der Waals surface area (Å²) < 4.78 is 5.26. The summed E-state index contributed by atoms with van der Waals surface area (Å²) in [6.45, 7) is 2.76. The average Bonchev–Trinajstić information content (AvgIpc) is 3.21. The van der Waals surface area contributed by atoms with Crippen LogP contribution in [0.1, 0.15) is 18.4 Å². The molecule has 0 unspecified atom stereocenters. The van der Waals surface area contributed by atoms with Gasteiger partial charge in [-0.25, -0.2) is 0 Å². The third kappa shape index (κ3) is 3.38. The van der Waals surface area contributed by atoms with Crippen LogP contribution in [0.25, 0.3) is 10.9 Å². The van der Waals surface area contributed by atoms with Crippen molar-refractivity contribution in [3.05, 3.63) is 64.4 Å². The molecule has 1 fully saturated rings. The van der Waals surface area contributed by atoms with E-state index in [1.807, 2.05) is 24.3 Å². The summed E-state index contributed by atoms with van der Waals surface area (Å²) >= 11 is 0. The van der Waals surface area contributed by atoms with Gasteiger partial charge in [-0.1, -0.05) is 0 Å². The molecule has 1 aromatic heterocycles. The number of nitrogens with one attached hydrogen (secondary N) is 2. The minimum Gasteiger partial charge on any atom is -0.497 e. The fraction of sp³-hybridized carbons (Fsp3) is 0.286. The quantitative estimate of drug-likeness (QED) is 0.737. The van der Waals surface area contributed by atoms with Crippen LogP contribution in [0, 0.1) is 0 Å². The number of rotatable bonds is 5. The van der Waals surface area contributed by atoms with Gasteiger partial charge in [0.25, 0.3) is 5.56 Å². The van der Waals surface area contributed by atoms with Crippen molar-refractivity contribution in [3.63, 3.8) is 0 Å².